The molecular formula is C20H20N4. The molecular weight excluding hydrogens is 296 g/mol. The van der Waals surface area contributed by atoms with E-state index in [0.717, 1.165) is 35.7 Å². The Kier molecular flexibility index (Phi) is 3.50. The summed E-state index contributed by atoms with van der Waals surface area (Å²) < 4.78 is 0. The van der Waals surface area contributed by atoms with E-state index >= 15 is 0 Å². The van der Waals surface area contributed by atoms with Crippen LogP contribution >= 0.6 is 0 Å². The predicted octanol–water partition coefficient (Wildman–Crippen LogP) is 3.97. The second-order valence-corrected chi connectivity index (χ2v) is 5.96. The molecule has 4 rings (SSSR count). The highest BCUT2D eigenvalue weighted by molar-refractivity contribution is 5.79. The summed E-state index contributed by atoms with van der Waals surface area (Å²) in [6.45, 7) is 0.868. The molecule has 1 heterocycles. The monoisotopic (exact) mass is 316 g/mol. The number of benzene rings is 3. The molecule has 3 aromatic carbocycles. The van der Waals surface area contributed by atoms with Gasteiger partial charge >= 0.3 is 0 Å². The number of nitrogen functional groups attached to an aromatic ring is 2. The van der Waals surface area contributed by atoms with Crippen molar-refractivity contribution < 1.29 is 0 Å². The van der Waals surface area contributed by atoms with Crippen LogP contribution in [0.25, 0.3) is 0 Å². The van der Waals surface area contributed by atoms with Crippen LogP contribution in [0.5, 0.6) is 0 Å². The van der Waals surface area contributed by atoms with E-state index in [1.54, 1.807) is 0 Å². The van der Waals surface area contributed by atoms with Crippen LogP contribution in [0.2, 0.25) is 0 Å². The van der Waals surface area contributed by atoms with E-state index in [4.69, 9.17) is 11.5 Å². The minimum Gasteiger partial charge on any atom is -0.399 e. The SMILES string of the molecule is Nc1cc(N)c2c(c1)N(N(c1ccccc1)c1ccccc1)CC2. The summed E-state index contributed by atoms with van der Waals surface area (Å²) in [6, 6.07) is 24.6. The first-order valence-electron chi connectivity index (χ1n) is 8.09. The van der Waals surface area contributed by atoms with Crippen molar-refractivity contribution in [2.45, 2.75) is 6.42 Å². The molecule has 4 nitrogen and oxygen atoms in total. The van der Waals surface area contributed by atoms with Gasteiger partial charge in [0.1, 0.15) is 0 Å². The second kappa shape index (κ2) is 5.81. The molecule has 0 aromatic heterocycles. The summed E-state index contributed by atoms with van der Waals surface area (Å²) in [6.07, 6.45) is 0.914. The first-order chi connectivity index (χ1) is 11.7. The molecule has 24 heavy (non-hydrogen) atoms. The highest BCUT2D eigenvalue weighted by Gasteiger charge is 2.27. The minimum atomic E-state index is 0.694. The van der Waals surface area contributed by atoms with Crippen LogP contribution < -0.4 is 21.5 Å². The number of hydrogen-bond donors (Lipinski definition) is 2. The van der Waals surface area contributed by atoms with E-state index in [1.165, 1.54) is 5.56 Å². The zero-order valence-electron chi connectivity index (χ0n) is 13.4. The summed E-state index contributed by atoms with van der Waals surface area (Å²) in [5.41, 5.74) is 18.2. The zero-order valence-corrected chi connectivity index (χ0v) is 13.4. The van der Waals surface area contributed by atoms with E-state index in [2.05, 4.69) is 58.5 Å². The van der Waals surface area contributed by atoms with E-state index in [0.29, 0.717) is 5.69 Å². The third-order valence-corrected chi connectivity index (χ3v) is 4.38. The van der Waals surface area contributed by atoms with E-state index in [-0.39, 0.29) is 0 Å². The number of hydrazine groups is 1. The first-order valence-corrected chi connectivity index (χ1v) is 8.09. The van der Waals surface area contributed by atoms with E-state index < -0.39 is 0 Å². The molecule has 4 N–H and O–H groups in total. The number of anilines is 5. The van der Waals surface area contributed by atoms with E-state index in [9.17, 15) is 0 Å². The predicted molar refractivity (Wildman–Crippen MR) is 101 cm³/mol. The Labute approximate surface area is 141 Å². The molecule has 0 aliphatic carbocycles. The van der Waals surface area contributed by atoms with Gasteiger partial charge in [-0.3, -0.25) is 10.0 Å². The smallest absolute Gasteiger partial charge is 0.0652 e. The van der Waals surface area contributed by atoms with E-state index in [1.807, 2.05) is 24.3 Å². The highest BCUT2D eigenvalue weighted by atomic mass is 15.6. The van der Waals surface area contributed by atoms with Gasteiger partial charge in [-0.2, -0.15) is 0 Å². The maximum absolute atomic E-state index is 6.19. The summed E-state index contributed by atoms with van der Waals surface area (Å²) in [5, 5.41) is 4.48. The summed E-state index contributed by atoms with van der Waals surface area (Å²) in [7, 11) is 0. The third-order valence-electron chi connectivity index (χ3n) is 4.38. The fourth-order valence-corrected chi connectivity index (χ4v) is 3.32. The van der Waals surface area contributed by atoms with Crippen LogP contribution in [0.1, 0.15) is 5.56 Å². The highest BCUT2D eigenvalue weighted by Crippen LogP contribution is 2.39. The van der Waals surface area contributed by atoms with Gasteiger partial charge in [-0.05, 0) is 42.8 Å². The third kappa shape index (κ3) is 2.42. The van der Waals surface area contributed by atoms with Gasteiger partial charge < -0.3 is 11.5 Å². The van der Waals surface area contributed by atoms with Crippen LogP contribution in [-0.4, -0.2) is 6.54 Å². The maximum Gasteiger partial charge on any atom is 0.0652 e. The molecule has 0 saturated heterocycles. The normalized spacial score (nSPS) is 12.9. The summed E-state index contributed by atoms with van der Waals surface area (Å²) in [5.74, 6) is 0. The standard InChI is InChI=1S/C20H20N4/c21-15-13-19(22)18-11-12-23(20(18)14-15)24(16-7-3-1-4-8-16)17-9-5-2-6-10-17/h1-10,13-14H,11-12,21-22H2. The number of nitrogens with two attached hydrogens (primary N) is 2. The molecule has 0 atom stereocenters. The molecule has 0 bridgehead atoms. The molecule has 1 aliphatic rings. The number of hydrogen-bond acceptors (Lipinski definition) is 4. The first kappa shape index (κ1) is 14.5. The molecule has 0 amide bonds. The molecule has 0 unspecified atom stereocenters. The van der Waals surface area contributed by atoms with Gasteiger partial charge in [-0.15, -0.1) is 0 Å². The van der Waals surface area contributed by atoms with Crippen molar-refractivity contribution in [3.05, 3.63) is 78.4 Å². The summed E-state index contributed by atoms with van der Waals surface area (Å²) in [4.78, 5) is 0. The van der Waals surface area contributed by atoms with Gasteiger partial charge in [-0.25, -0.2) is 0 Å². The Morgan fingerprint density at radius 3 is 1.96 bits per heavy atom. The van der Waals surface area contributed by atoms with Crippen molar-refractivity contribution in [2.24, 2.45) is 0 Å². The van der Waals surface area contributed by atoms with Crippen LogP contribution in [-0.2, 0) is 6.42 Å². The maximum atomic E-state index is 6.19. The van der Waals surface area contributed by atoms with Gasteiger partial charge in [0, 0.05) is 23.5 Å². The molecule has 4 heteroatoms. The fourth-order valence-electron chi connectivity index (χ4n) is 3.32. The van der Waals surface area contributed by atoms with Crippen LogP contribution in [0.3, 0.4) is 0 Å². The number of para-hydroxylation sites is 2. The molecule has 0 saturated carbocycles. The van der Waals surface area contributed by atoms with Gasteiger partial charge in [0.25, 0.3) is 0 Å². The van der Waals surface area contributed by atoms with Crippen molar-refractivity contribution in [2.75, 3.05) is 28.0 Å². The van der Waals surface area contributed by atoms with Crippen molar-refractivity contribution in [1.82, 2.24) is 0 Å². The Morgan fingerprint density at radius 2 is 1.38 bits per heavy atom. The number of rotatable bonds is 3. The molecule has 3 aromatic rings. The molecule has 0 radical (unpaired) electrons. The van der Waals surface area contributed by atoms with Gasteiger partial charge in [-0.1, -0.05) is 36.4 Å². The second-order valence-electron chi connectivity index (χ2n) is 5.96. The fraction of sp³-hybridized carbons (Fsp3) is 0.100. The minimum absolute atomic E-state index is 0.694. The average molecular weight is 316 g/mol. The quantitative estimate of drug-likeness (QED) is 0.718. The van der Waals surface area contributed by atoms with Crippen molar-refractivity contribution in [3.63, 3.8) is 0 Å². The van der Waals surface area contributed by atoms with Crippen LogP contribution in [0.4, 0.5) is 28.4 Å². The average Bonchev–Trinajstić information content (AvgIpc) is 3.01. The lowest BCUT2D eigenvalue weighted by Crippen LogP contribution is -2.38. The van der Waals surface area contributed by atoms with Crippen molar-refractivity contribution in [1.29, 1.82) is 0 Å². The van der Waals surface area contributed by atoms with Crippen LogP contribution in [0.15, 0.2) is 72.8 Å². The molecule has 0 fully saturated rings. The lowest BCUT2D eigenvalue weighted by molar-refractivity contribution is 0.848. The molecule has 120 valence electrons. The zero-order chi connectivity index (χ0) is 16.5. The lowest BCUT2D eigenvalue weighted by Gasteiger charge is -2.36. The Bertz CT molecular complexity index is 807. The summed E-state index contributed by atoms with van der Waals surface area (Å²) >= 11 is 0. The topological polar surface area (TPSA) is 58.5 Å². The van der Waals surface area contributed by atoms with Crippen molar-refractivity contribution in [3.8, 4) is 0 Å². The molecule has 0 spiro atoms. The van der Waals surface area contributed by atoms with Gasteiger partial charge in [0.05, 0.1) is 17.1 Å². The Balaban J connectivity index is 1.86. The lowest BCUT2D eigenvalue weighted by atomic mass is 10.1. The Morgan fingerprint density at radius 1 is 0.792 bits per heavy atom. The van der Waals surface area contributed by atoms with Gasteiger partial charge in [0.2, 0.25) is 0 Å². The molecule has 1 aliphatic heterocycles. The van der Waals surface area contributed by atoms with Crippen LogP contribution in [0, 0.1) is 0 Å². The Hall–Kier alpha value is -3.14. The van der Waals surface area contributed by atoms with Crippen molar-refractivity contribution >= 4 is 28.4 Å². The number of fused-ring (bicyclic) bond motifs is 1. The van der Waals surface area contributed by atoms with Gasteiger partial charge in [0.15, 0.2) is 0 Å². The largest absolute Gasteiger partial charge is 0.399 e. The number of nitrogens with zero attached hydrogens (tertiary/aromatic N) is 2.